The van der Waals surface area contributed by atoms with E-state index >= 15 is 0 Å². The number of benzene rings is 2. The first-order chi connectivity index (χ1) is 18.3. The molecule has 2 aromatic carbocycles. The van der Waals surface area contributed by atoms with Crippen LogP contribution >= 0.6 is 23.2 Å². The Balaban J connectivity index is 1.22. The van der Waals surface area contributed by atoms with Crippen LogP contribution in [0.25, 0.3) is 0 Å². The van der Waals surface area contributed by atoms with Crippen LogP contribution in [-0.2, 0) is 14.3 Å². The molecule has 1 unspecified atom stereocenters. The van der Waals surface area contributed by atoms with Crippen LogP contribution in [0, 0.1) is 5.82 Å². The number of amides is 3. The quantitative estimate of drug-likeness (QED) is 0.370. The summed E-state index contributed by atoms with van der Waals surface area (Å²) in [5, 5.41) is 9.02. The number of carbonyl (C=O) groups is 3. The normalized spacial score (nSPS) is 21.9. The predicted molar refractivity (Wildman–Crippen MR) is 142 cm³/mol. The summed E-state index contributed by atoms with van der Waals surface area (Å²) in [5.74, 6) is -0.780. The van der Waals surface area contributed by atoms with E-state index in [-0.39, 0.29) is 29.9 Å². The number of hydrogen-bond acceptors (Lipinski definition) is 6. The van der Waals surface area contributed by atoms with Gasteiger partial charge in [0.1, 0.15) is 23.8 Å². The minimum absolute atomic E-state index is 0.0307. The van der Waals surface area contributed by atoms with Crippen molar-refractivity contribution in [1.29, 1.82) is 0 Å². The fourth-order valence-corrected chi connectivity index (χ4v) is 5.12. The van der Waals surface area contributed by atoms with Gasteiger partial charge in [-0.15, -0.1) is 0 Å². The summed E-state index contributed by atoms with van der Waals surface area (Å²) < 4.78 is 29.6. The van der Waals surface area contributed by atoms with E-state index in [0.29, 0.717) is 29.8 Å². The molecule has 210 valence electrons. The van der Waals surface area contributed by atoms with E-state index in [9.17, 15) is 18.8 Å². The van der Waals surface area contributed by atoms with Crippen LogP contribution in [-0.4, -0.2) is 48.0 Å². The smallest absolute Gasteiger partial charge is 0.408 e. The highest BCUT2D eigenvalue weighted by Gasteiger charge is 2.69. The Morgan fingerprint density at radius 3 is 2.23 bits per heavy atom. The molecule has 0 aromatic heterocycles. The maximum atomic E-state index is 13.5. The number of carbonyl (C=O) groups excluding carboxylic acids is 3. The second-order valence-corrected chi connectivity index (χ2v) is 11.8. The molecule has 12 heteroatoms. The van der Waals surface area contributed by atoms with Crippen LogP contribution in [0.5, 0.6) is 5.75 Å². The lowest BCUT2D eigenvalue weighted by atomic mass is 9.44. The van der Waals surface area contributed by atoms with E-state index in [1.807, 2.05) is 0 Å². The second kappa shape index (κ2) is 11.1. The van der Waals surface area contributed by atoms with Crippen molar-refractivity contribution in [2.45, 2.75) is 62.8 Å². The zero-order chi connectivity index (χ0) is 28.4. The number of alkyl carbamates (subject to hydrolysis) is 2. The van der Waals surface area contributed by atoms with Crippen molar-refractivity contribution in [3.05, 3.63) is 63.9 Å². The zero-order valence-corrected chi connectivity index (χ0v) is 23.2. The largest absolute Gasteiger partial charge is 0.484 e. The first-order valence-corrected chi connectivity index (χ1v) is 13.1. The topological polar surface area (TPSA) is 115 Å². The molecule has 3 aliphatic rings. The first-order valence-electron chi connectivity index (χ1n) is 12.3. The summed E-state index contributed by atoms with van der Waals surface area (Å²) in [5.41, 5.74) is -0.877. The average Bonchev–Trinajstić information content (AvgIpc) is 2.79. The maximum Gasteiger partial charge on any atom is 0.408 e. The molecule has 9 nitrogen and oxygen atoms in total. The third-order valence-electron chi connectivity index (χ3n) is 6.41. The average molecular weight is 582 g/mol. The van der Waals surface area contributed by atoms with Gasteiger partial charge < -0.3 is 30.2 Å². The molecular weight excluding hydrogens is 552 g/mol. The van der Waals surface area contributed by atoms with Crippen LogP contribution in [0.3, 0.4) is 0 Å². The maximum absolute atomic E-state index is 13.5. The summed E-state index contributed by atoms with van der Waals surface area (Å²) in [6.45, 7) is 4.84. The molecule has 3 aliphatic carbocycles. The third kappa shape index (κ3) is 7.45. The first kappa shape index (κ1) is 28.8. The standard InChI is InChI=1S/C27H30Cl2FN3O6/c1-25(2,3)39-23(35)31-21(16-4-6-17(28)7-5-16)11-38-24(36)33-27-13-26(14-27,15-27)32-22(34)12-37-18-8-9-19(29)20(30)10-18/h4-10,21H,11-15H2,1-3H3,(H,31,35)(H,32,34)(H,33,36). The van der Waals surface area contributed by atoms with Crippen molar-refractivity contribution >= 4 is 41.3 Å². The SMILES string of the molecule is CC(C)(C)OC(=O)NC(COC(=O)NC12CC(NC(=O)COc3ccc(Cl)c(F)c3)(C1)C2)c1ccc(Cl)cc1. The number of rotatable bonds is 9. The van der Waals surface area contributed by atoms with E-state index < -0.39 is 40.7 Å². The van der Waals surface area contributed by atoms with E-state index in [0.717, 1.165) is 6.07 Å². The second-order valence-electron chi connectivity index (χ2n) is 11.0. The van der Waals surface area contributed by atoms with E-state index in [1.165, 1.54) is 12.1 Å². The zero-order valence-electron chi connectivity index (χ0n) is 21.7. The van der Waals surface area contributed by atoms with Gasteiger partial charge in [-0.05, 0) is 69.9 Å². The van der Waals surface area contributed by atoms with Crippen LogP contribution in [0.4, 0.5) is 14.0 Å². The number of hydrogen-bond donors (Lipinski definition) is 3. The van der Waals surface area contributed by atoms with E-state index in [4.69, 9.17) is 37.4 Å². The van der Waals surface area contributed by atoms with Gasteiger partial charge >= 0.3 is 12.2 Å². The summed E-state index contributed by atoms with van der Waals surface area (Å²) in [6.07, 6.45) is 0.370. The Labute approximate surface area is 235 Å². The molecule has 0 heterocycles. The van der Waals surface area contributed by atoms with Crippen molar-refractivity contribution < 1.29 is 33.0 Å². The van der Waals surface area contributed by atoms with Gasteiger partial charge in [0.05, 0.1) is 16.6 Å². The molecule has 0 aliphatic heterocycles. The van der Waals surface area contributed by atoms with Gasteiger partial charge in [-0.2, -0.15) is 0 Å². The molecule has 0 saturated heterocycles. The van der Waals surface area contributed by atoms with Gasteiger partial charge in [-0.25, -0.2) is 14.0 Å². The van der Waals surface area contributed by atoms with Crippen molar-refractivity contribution in [3.8, 4) is 5.75 Å². The lowest BCUT2D eigenvalue weighted by molar-refractivity contribution is -0.141. The molecule has 2 bridgehead atoms. The summed E-state index contributed by atoms with van der Waals surface area (Å²) in [6, 6.07) is 10.1. The van der Waals surface area contributed by atoms with Crippen molar-refractivity contribution in [2.75, 3.05) is 13.2 Å². The van der Waals surface area contributed by atoms with Gasteiger partial charge in [-0.3, -0.25) is 4.79 Å². The summed E-state index contributed by atoms with van der Waals surface area (Å²) in [7, 11) is 0. The monoisotopic (exact) mass is 581 g/mol. The molecular formula is C27H30Cl2FN3O6. The Hall–Kier alpha value is -3.24. The van der Waals surface area contributed by atoms with Crippen molar-refractivity contribution in [3.63, 3.8) is 0 Å². The molecule has 3 fully saturated rings. The van der Waals surface area contributed by atoms with Gasteiger partial charge in [0, 0.05) is 16.6 Å². The number of nitrogens with one attached hydrogen (secondary N) is 3. The van der Waals surface area contributed by atoms with Crippen LogP contribution in [0.1, 0.15) is 51.6 Å². The highest BCUT2D eigenvalue weighted by atomic mass is 35.5. The predicted octanol–water partition coefficient (Wildman–Crippen LogP) is 5.29. The van der Waals surface area contributed by atoms with Gasteiger partial charge in [0.25, 0.3) is 5.91 Å². The summed E-state index contributed by atoms with van der Waals surface area (Å²) >= 11 is 11.6. The fraction of sp³-hybridized carbons (Fsp3) is 0.444. The Morgan fingerprint density at radius 1 is 0.974 bits per heavy atom. The number of ether oxygens (including phenoxy) is 3. The Morgan fingerprint density at radius 2 is 1.62 bits per heavy atom. The highest BCUT2D eigenvalue weighted by Crippen LogP contribution is 2.60. The van der Waals surface area contributed by atoms with E-state index in [1.54, 1.807) is 45.0 Å². The third-order valence-corrected chi connectivity index (χ3v) is 6.97. The van der Waals surface area contributed by atoms with Gasteiger partial charge in [-0.1, -0.05) is 35.3 Å². The molecule has 1 atom stereocenters. The van der Waals surface area contributed by atoms with Crippen LogP contribution in [0.15, 0.2) is 42.5 Å². The van der Waals surface area contributed by atoms with Gasteiger partial charge in [0.15, 0.2) is 6.61 Å². The molecule has 3 amide bonds. The Bertz CT molecular complexity index is 1230. The number of halogens is 3. The fourth-order valence-electron chi connectivity index (χ4n) is 4.88. The lowest BCUT2D eigenvalue weighted by Crippen LogP contribution is -2.84. The molecule has 0 spiro atoms. The van der Waals surface area contributed by atoms with Crippen LogP contribution in [0.2, 0.25) is 10.0 Å². The molecule has 5 rings (SSSR count). The molecule has 0 radical (unpaired) electrons. The van der Waals surface area contributed by atoms with Crippen molar-refractivity contribution in [1.82, 2.24) is 16.0 Å². The van der Waals surface area contributed by atoms with Crippen molar-refractivity contribution in [2.24, 2.45) is 0 Å². The van der Waals surface area contributed by atoms with Crippen LogP contribution < -0.4 is 20.7 Å². The minimum Gasteiger partial charge on any atom is -0.484 e. The molecule has 39 heavy (non-hydrogen) atoms. The minimum atomic E-state index is -0.692. The Kier molecular flexibility index (Phi) is 8.18. The highest BCUT2D eigenvalue weighted by molar-refractivity contribution is 6.30. The molecule has 3 N–H and O–H groups in total. The van der Waals surface area contributed by atoms with Gasteiger partial charge in [0.2, 0.25) is 0 Å². The van der Waals surface area contributed by atoms with E-state index in [2.05, 4.69) is 16.0 Å². The molecule has 3 saturated carbocycles. The lowest BCUT2D eigenvalue weighted by Gasteiger charge is -2.70. The summed E-state index contributed by atoms with van der Waals surface area (Å²) in [4.78, 5) is 37.2. The molecule has 2 aromatic rings.